The van der Waals surface area contributed by atoms with Crippen molar-refractivity contribution in [3.63, 3.8) is 0 Å². The normalized spacial score (nSPS) is 20.1. The smallest absolute Gasteiger partial charge is 0.338 e. The monoisotopic (exact) mass is 274 g/mol. The maximum atomic E-state index is 11.8. The Morgan fingerprint density at radius 1 is 1.50 bits per heavy atom. The molecule has 2 heterocycles. The van der Waals surface area contributed by atoms with Crippen molar-refractivity contribution in [2.75, 3.05) is 12.4 Å². The van der Waals surface area contributed by atoms with Crippen molar-refractivity contribution in [1.29, 1.82) is 0 Å². The number of carboxylic acids is 1. The SMILES string of the molecule is O=C(O)c1coc(CS(=O)(=O)CC2CCCO2)c1. The topological polar surface area (TPSA) is 93.8 Å². The van der Waals surface area contributed by atoms with E-state index < -0.39 is 15.8 Å². The van der Waals surface area contributed by atoms with Gasteiger partial charge in [-0.3, -0.25) is 0 Å². The zero-order valence-electron chi connectivity index (χ0n) is 9.66. The summed E-state index contributed by atoms with van der Waals surface area (Å²) in [4.78, 5) is 10.6. The summed E-state index contributed by atoms with van der Waals surface area (Å²) >= 11 is 0. The minimum atomic E-state index is -3.34. The maximum Gasteiger partial charge on any atom is 0.338 e. The predicted octanol–water partition coefficient (Wildman–Crippen LogP) is 1.07. The van der Waals surface area contributed by atoms with Gasteiger partial charge in [0.05, 0.1) is 17.4 Å². The predicted molar refractivity (Wildman–Crippen MR) is 62.1 cm³/mol. The zero-order chi connectivity index (χ0) is 13.2. The number of ether oxygens (including phenoxy) is 1. The van der Waals surface area contributed by atoms with Crippen LogP contribution in [0.1, 0.15) is 29.0 Å². The van der Waals surface area contributed by atoms with Crippen molar-refractivity contribution in [2.24, 2.45) is 0 Å². The first-order valence-electron chi connectivity index (χ1n) is 5.59. The highest BCUT2D eigenvalue weighted by molar-refractivity contribution is 7.90. The lowest BCUT2D eigenvalue weighted by Crippen LogP contribution is -2.21. The highest BCUT2D eigenvalue weighted by Gasteiger charge is 2.24. The highest BCUT2D eigenvalue weighted by atomic mass is 32.2. The van der Waals surface area contributed by atoms with E-state index in [9.17, 15) is 13.2 Å². The van der Waals surface area contributed by atoms with Crippen LogP contribution in [0.2, 0.25) is 0 Å². The molecule has 7 heteroatoms. The Labute approximate surface area is 104 Å². The van der Waals surface area contributed by atoms with Crippen LogP contribution in [0, 0.1) is 0 Å². The molecule has 1 aliphatic rings. The van der Waals surface area contributed by atoms with Gasteiger partial charge in [-0.25, -0.2) is 13.2 Å². The number of rotatable bonds is 5. The number of sulfone groups is 1. The Morgan fingerprint density at radius 3 is 2.83 bits per heavy atom. The Balaban J connectivity index is 2.00. The molecule has 2 rings (SSSR count). The molecule has 1 aliphatic heterocycles. The third kappa shape index (κ3) is 3.33. The maximum absolute atomic E-state index is 11.8. The summed E-state index contributed by atoms with van der Waals surface area (Å²) in [6.45, 7) is 0.601. The Morgan fingerprint density at radius 2 is 2.28 bits per heavy atom. The van der Waals surface area contributed by atoms with Crippen LogP contribution in [-0.2, 0) is 20.3 Å². The van der Waals surface area contributed by atoms with Crippen molar-refractivity contribution >= 4 is 15.8 Å². The molecule has 1 aromatic heterocycles. The quantitative estimate of drug-likeness (QED) is 0.863. The number of hydrogen-bond acceptors (Lipinski definition) is 5. The van der Waals surface area contributed by atoms with Gasteiger partial charge in [0.15, 0.2) is 9.84 Å². The number of furan rings is 1. The minimum absolute atomic E-state index is 0.0442. The van der Waals surface area contributed by atoms with E-state index in [0.717, 1.165) is 19.1 Å². The molecule has 0 radical (unpaired) electrons. The lowest BCUT2D eigenvalue weighted by atomic mass is 10.3. The Hall–Kier alpha value is -1.34. The molecule has 0 aliphatic carbocycles. The second-order valence-corrected chi connectivity index (χ2v) is 6.41. The molecule has 0 saturated carbocycles. The number of aromatic carboxylic acids is 1. The van der Waals surface area contributed by atoms with E-state index >= 15 is 0 Å². The van der Waals surface area contributed by atoms with E-state index in [4.69, 9.17) is 14.3 Å². The van der Waals surface area contributed by atoms with Gasteiger partial charge in [-0.1, -0.05) is 0 Å². The van der Waals surface area contributed by atoms with Crippen molar-refractivity contribution in [2.45, 2.75) is 24.7 Å². The molecule has 1 unspecified atom stereocenters. The van der Waals surface area contributed by atoms with Crippen LogP contribution in [-0.4, -0.2) is 38.0 Å². The molecule has 6 nitrogen and oxygen atoms in total. The standard InChI is InChI=1S/C11H14O6S/c12-11(13)8-4-10(17-5-8)7-18(14,15)6-9-2-1-3-16-9/h4-5,9H,1-3,6-7H2,(H,12,13). The third-order valence-electron chi connectivity index (χ3n) is 2.73. The molecule has 100 valence electrons. The fourth-order valence-corrected chi connectivity index (χ4v) is 3.44. The molecule has 1 saturated heterocycles. The second-order valence-electron chi connectivity index (χ2n) is 4.30. The van der Waals surface area contributed by atoms with Gasteiger partial charge in [0.2, 0.25) is 0 Å². The summed E-state index contributed by atoms with van der Waals surface area (Å²) in [5.41, 5.74) is -0.0442. The van der Waals surface area contributed by atoms with E-state index in [2.05, 4.69) is 0 Å². The van der Waals surface area contributed by atoms with E-state index in [1.165, 1.54) is 6.07 Å². The molecule has 0 aromatic carbocycles. The zero-order valence-corrected chi connectivity index (χ0v) is 10.5. The first kappa shape index (κ1) is 13.1. The molecule has 1 fully saturated rings. The van der Waals surface area contributed by atoms with Crippen LogP contribution < -0.4 is 0 Å². The van der Waals surface area contributed by atoms with Gasteiger partial charge >= 0.3 is 5.97 Å². The molecule has 0 bridgehead atoms. The van der Waals surface area contributed by atoms with Gasteiger partial charge in [-0.15, -0.1) is 0 Å². The largest absolute Gasteiger partial charge is 0.478 e. The molecular weight excluding hydrogens is 260 g/mol. The average Bonchev–Trinajstić information content (AvgIpc) is 2.87. The van der Waals surface area contributed by atoms with Crippen LogP contribution in [0.25, 0.3) is 0 Å². The summed E-state index contributed by atoms with van der Waals surface area (Å²) in [5, 5.41) is 8.70. The Bertz CT molecular complexity index is 523. The van der Waals surface area contributed by atoms with Gasteiger partial charge in [0, 0.05) is 6.61 Å². The van der Waals surface area contributed by atoms with Crippen LogP contribution in [0.15, 0.2) is 16.7 Å². The average molecular weight is 274 g/mol. The minimum Gasteiger partial charge on any atom is -0.478 e. The van der Waals surface area contributed by atoms with Crippen molar-refractivity contribution in [1.82, 2.24) is 0 Å². The fourth-order valence-electron chi connectivity index (χ4n) is 1.90. The lowest BCUT2D eigenvalue weighted by Gasteiger charge is -2.08. The van der Waals surface area contributed by atoms with E-state index in [0.29, 0.717) is 6.61 Å². The summed E-state index contributed by atoms with van der Waals surface area (Å²) in [7, 11) is -3.34. The second kappa shape index (κ2) is 5.11. The highest BCUT2D eigenvalue weighted by Crippen LogP contribution is 2.17. The molecule has 0 spiro atoms. The molecule has 1 N–H and O–H groups in total. The Kier molecular flexibility index (Phi) is 3.72. The first-order valence-corrected chi connectivity index (χ1v) is 7.41. The summed E-state index contributed by atoms with van der Waals surface area (Å²) in [5.74, 6) is -1.33. The van der Waals surface area contributed by atoms with E-state index in [1.54, 1.807) is 0 Å². The molecule has 1 aromatic rings. The van der Waals surface area contributed by atoms with Crippen LogP contribution in [0.5, 0.6) is 0 Å². The summed E-state index contributed by atoms with van der Waals surface area (Å²) < 4.78 is 33.9. The van der Waals surface area contributed by atoms with Crippen molar-refractivity contribution in [3.05, 3.63) is 23.7 Å². The summed E-state index contributed by atoms with van der Waals surface area (Å²) in [6, 6.07) is 1.23. The van der Waals surface area contributed by atoms with Gasteiger partial charge in [-0.05, 0) is 18.9 Å². The van der Waals surface area contributed by atoms with Crippen LogP contribution in [0.3, 0.4) is 0 Å². The van der Waals surface area contributed by atoms with Crippen molar-refractivity contribution < 1.29 is 27.5 Å². The van der Waals surface area contributed by atoms with Crippen molar-refractivity contribution in [3.8, 4) is 0 Å². The molecule has 18 heavy (non-hydrogen) atoms. The van der Waals surface area contributed by atoms with Gasteiger partial charge in [0.1, 0.15) is 17.8 Å². The number of hydrogen-bond donors (Lipinski definition) is 1. The van der Waals surface area contributed by atoms with E-state index in [-0.39, 0.29) is 28.9 Å². The van der Waals surface area contributed by atoms with E-state index in [1.807, 2.05) is 0 Å². The number of carbonyl (C=O) groups is 1. The first-order chi connectivity index (χ1) is 8.46. The van der Waals surface area contributed by atoms with Gasteiger partial charge < -0.3 is 14.3 Å². The third-order valence-corrected chi connectivity index (χ3v) is 4.33. The fraction of sp³-hybridized carbons (Fsp3) is 0.545. The molecule has 0 amide bonds. The molecule has 1 atom stereocenters. The van der Waals surface area contributed by atoms with Crippen LogP contribution in [0.4, 0.5) is 0 Å². The number of carboxylic acid groups (broad SMARTS) is 1. The summed E-state index contributed by atoms with van der Waals surface area (Å²) in [6.07, 6.45) is 2.42. The molecular formula is C11H14O6S. The lowest BCUT2D eigenvalue weighted by molar-refractivity contribution is 0.0696. The van der Waals surface area contributed by atoms with Crippen LogP contribution >= 0.6 is 0 Å². The van der Waals surface area contributed by atoms with Gasteiger partial charge in [-0.2, -0.15) is 0 Å². The van der Waals surface area contributed by atoms with Gasteiger partial charge in [0.25, 0.3) is 0 Å².